The number of rotatable bonds is 8. The quantitative estimate of drug-likeness (QED) is 0.350. The van der Waals surface area contributed by atoms with Crippen LogP contribution in [0.2, 0.25) is 0 Å². The second kappa shape index (κ2) is 11.4. The van der Waals surface area contributed by atoms with Gasteiger partial charge in [0.05, 0.1) is 35.0 Å². The predicted octanol–water partition coefficient (Wildman–Crippen LogP) is 3.73. The number of hydrogen-bond donors (Lipinski definition) is 0. The number of aryl methyl sites for hydroxylation is 1. The molecule has 3 aromatic rings. The highest BCUT2D eigenvalue weighted by molar-refractivity contribution is 7.99. The van der Waals surface area contributed by atoms with E-state index in [9.17, 15) is 14.9 Å². The number of aromatic nitrogens is 2. The van der Waals surface area contributed by atoms with Crippen LogP contribution in [0, 0.1) is 11.3 Å². The molecule has 1 aromatic heterocycles. The third kappa shape index (κ3) is 5.50. The van der Waals surface area contributed by atoms with E-state index in [-0.39, 0.29) is 23.7 Å². The lowest BCUT2D eigenvalue weighted by molar-refractivity contribution is -0.130. The Morgan fingerprint density at radius 1 is 1.11 bits per heavy atom. The van der Waals surface area contributed by atoms with Gasteiger partial charge in [0.2, 0.25) is 5.91 Å². The van der Waals surface area contributed by atoms with Crippen LogP contribution in [0.4, 0.5) is 0 Å². The van der Waals surface area contributed by atoms with E-state index in [0.717, 1.165) is 16.2 Å². The molecule has 0 bridgehead atoms. The molecule has 8 nitrogen and oxygen atoms in total. The zero-order valence-corrected chi connectivity index (χ0v) is 20.8. The van der Waals surface area contributed by atoms with Crippen molar-refractivity contribution in [3.8, 4) is 6.07 Å². The first-order valence-corrected chi connectivity index (χ1v) is 12.8. The highest BCUT2D eigenvalue weighted by atomic mass is 32.2. The number of hydrogen-bond acceptors (Lipinski definition) is 7. The average molecular weight is 492 g/mol. The van der Waals surface area contributed by atoms with E-state index in [0.29, 0.717) is 50.4 Å². The number of piperazine rings is 1. The Morgan fingerprint density at radius 3 is 2.51 bits per heavy atom. The molecule has 0 saturated carbocycles. The molecule has 35 heavy (non-hydrogen) atoms. The van der Waals surface area contributed by atoms with E-state index in [1.165, 1.54) is 11.8 Å². The minimum absolute atomic E-state index is 0.0600. The van der Waals surface area contributed by atoms with Crippen LogP contribution in [0.3, 0.4) is 0 Å². The molecule has 4 rings (SSSR count). The fourth-order valence-electron chi connectivity index (χ4n) is 4.31. The number of carbonyl (C=O) groups is 2. The fourth-order valence-corrected chi connectivity index (χ4v) is 5.30. The molecule has 0 unspecified atom stereocenters. The van der Waals surface area contributed by atoms with Crippen molar-refractivity contribution in [1.29, 1.82) is 5.26 Å². The Bertz CT molecular complexity index is 1230. The summed E-state index contributed by atoms with van der Waals surface area (Å²) in [4.78, 5) is 33.7. The summed E-state index contributed by atoms with van der Waals surface area (Å²) < 4.78 is 7.14. The number of amides is 1. The van der Waals surface area contributed by atoms with E-state index in [2.05, 4.69) is 20.5 Å². The van der Waals surface area contributed by atoms with Crippen molar-refractivity contribution in [2.75, 3.05) is 38.5 Å². The Morgan fingerprint density at radius 2 is 1.86 bits per heavy atom. The van der Waals surface area contributed by atoms with Gasteiger partial charge in [-0.3, -0.25) is 9.69 Å². The summed E-state index contributed by atoms with van der Waals surface area (Å²) in [5.74, 6) is -0.0197. The van der Waals surface area contributed by atoms with Crippen molar-refractivity contribution in [1.82, 2.24) is 19.4 Å². The van der Waals surface area contributed by atoms with Gasteiger partial charge in [0.25, 0.3) is 0 Å². The number of fused-ring (bicyclic) bond motifs is 1. The number of nitrogens with zero attached hydrogens (tertiary/aromatic N) is 5. The smallest absolute Gasteiger partial charge is 0.338 e. The molecule has 2 heterocycles. The van der Waals surface area contributed by atoms with Crippen molar-refractivity contribution >= 4 is 34.7 Å². The molecule has 1 amide bonds. The summed E-state index contributed by atoms with van der Waals surface area (Å²) in [6.45, 7) is 7.35. The minimum Gasteiger partial charge on any atom is -0.462 e. The SMILES string of the molecule is CCOC(=O)c1ccc2c(c1)nc(SCC(=O)N1CCN([C@@H](C#N)c3ccccc3)CC1)n2CC. The first-order valence-electron chi connectivity index (χ1n) is 11.8. The third-order valence-electron chi connectivity index (χ3n) is 6.14. The third-order valence-corrected chi connectivity index (χ3v) is 7.10. The largest absolute Gasteiger partial charge is 0.462 e. The van der Waals surface area contributed by atoms with E-state index in [4.69, 9.17) is 4.74 Å². The first-order chi connectivity index (χ1) is 17.0. The van der Waals surface area contributed by atoms with Crippen LogP contribution < -0.4 is 0 Å². The Labute approximate surface area is 209 Å². The normalized spacial score (nSPS) is 15.1. The summed E-state index contributed by atoms with van der Waals surface area (Å²) in [6.07, 6.45) is 0. The van der Waals surface area contributed by atoms with Gasteiger partial charge < -0.3 is 14.2 Å². The van der Waals surface area contributed by atoms with Crippen molar-refractivity contribution in [2.45, 2.75) is 31.6 Å². The first kappa shape index (κ1) is 24.8. The molecule has 0 aliphatic carbocycles. The summed E-state index contributed by atoms with van der Waals surface area (Å²) in [6, 6.07) is 17.2. The molecule has 1 fully saturated rings. The lowest BCUT2D eigenvalue weighted by Crippen LogP contribution is -2.50. The molecule has 0 spiro atoms. The maximum atomic E-state index is 12.9. The number of esters is 1. The molecule has 1 saturated heterocycles. The molecule has 182 valence electrons. The summed E-state index contributed by atoms with van der Waals surface area (Å²) >= 11 is 1.41. The second-order valence-corrected chi connectivity index (χ2v) is 9.15. The van der Waals surface area contributed by atoms with Gasteiger partial charge >= 0.3 is 5.97 Å². The molecule has 1 aliphatic heterocycles. The number of benzene rings is 2. The van der Waals surface area contributed by atoms with Crippen molar-refractivity contribution in [3.63, 3.8) is 0 Å². The Kier molecular flexibility index (Phi) is 8.06. The molecule has 9 heteroatoms. The van der Waals surface area contributed by atoms with Crippen molar-refractivity contribution < 1.29 is 14.3 Å². The van der Waals surface area contributed by atoms with Crippen LogP contribution in [0.25, 0.3) is 11.0 Å². The molecule has 2 aromatic carbocycles. The Balaban J connectivity index is 1.37. The lowest BCUT2D eigenvalue weighted by Gasteiger charge is -2.37. The van der Waals surface area contributed by atoms with E-state index >= 15 is 0 Å². The standard InChI is InChI=1S/C26H29N5O3S/c1-3-31-22-11-10-20(25(33)34-4-2)16-21(22)28-26(31)35-18-24(32)30-14-12-29(13-15-30)23(17-27)19-8-6-5-7-9-19/h5-11,16,23H,3-4,12-15,18H2,1-2H3/t23-/m0/s1. The van der Waals surface area contributed by atoms with Crippen molar-refractivity contribution in [3.05, 3.63) is 59.7 Å². The van der Waals surface area contributed by atoms with Gasteiger partial charge in [0, 0.05) is 32.7 Å². The van der Waals surface area contributed by atoms with Crippen LogP contribution in [0.15, 0.2) is 53.7 Å². The van der Waals surface area contributed by atoms with E-state index < -0.39 is 0 Å². The van der Waals surface area contributed by atoms with Crippen LogP contribution in [0.1, 0.15) is 35.8 Å². The zero-order valence-electron chi connectivity index (χ0n) is 20.0. The van der Waals surface area contributed by atoms with Crippen LogP contribution in [-0.4, -0.2) is 69.8 Å². The van der Waals surface area contributed by atoms with Gasteiger partial charge in [-0.25, -0.2) is 9.78 Å². The van der Waals surface area contributed by atoms with Gasteiger partial charge in [-0.05, 0) is 37.6 Å². The van der Waals surface area contributed by atoms with Crippen LogP contribution in [-0.2, 0) is 16.1 Å². The fraction of sp³-hybridized carbons (Fsp3) is 0.385. The van der Waals surface area contributed by atoms with Gasteiger partial charge in [0.1, 0.15) is 6.04 Å². The maximum absolute atomic E-state index is 12.9. The number of carbonyl (C=O) groups excluding carboxylic acids is 2. The molecule has 0 radical (unpaired) electrons. The molecule has 1 aliphatic rings. The molecular formula is C26H29N5O3S. The zero-order chi connectivity index (χ0) is 24.8. The highest BCUT2D eigenvalue weighted by Gasteiger charge is 2.27. The van der Waals surface area contributed by atoms with Crippen LogP contribution >= 0.6 is 11.8 Å². The maximum Gasteiger partial charge on any atom is 0.338 e. The lowest BCUT2D eigenvalue weighted by atomic mass is 10.1. The van der Waals surface area contributed by atoms with Gasteiger partial charge in [-0.15, -0.1) is 0 Å². The number of ether oxygens (including phenoxy) is 1. The monoisotopic (exact) mass is 491 g/mol. The highest BCUT2D eigenvalue weighted by Crippen LogP contribution is 2.26. The van der Waals surface area contributed by atoms with Gasteiger partial charge in [0.15, 0.2) is 5.16 Å². The molecular weight excluding hydrogens is 462 g/mol. The molecule has 0 N–H and O–H groups in total. The number of imidazole rings is 1. The predicted molar refractivity (Wildman–Crippen MR) is 135 cm³/mol. The van der Waals surface area contributed by atoms with Crippen molar-refractivity contribution in [2.24, 2.45) is 0 Å². The summed E-state index contributed by atoms with van der Waals surface area (Å²) in [5, 5.41) is 10.4. The minimum atomic E-state index is -0.366. The topological polar surface area (TPSA) is 91.5 Å². The number of thioether (sulfide) groups is 1. The van der Waals surface area contributed by atoms with E-state index in [1.807, 2.05) is 48.2 Å². The van der Waals surface area contributed by atoms with E-state index in [1.54, 1.807) is 19.1 Å². The van der Waals surface area contributed by atoms with Crippen LogP contribution in [0.5, 0.6) is 0 Å². The average Bonchev–Trinajstić information content (AvgIpc) is 3.25. The summed E-state index contributed by atoms with van der Waals surface area (Å²) in [7, 11) is 0. The van der Waals surface area contributed by atoms with Gasteiger partial charge in [-0.1, -0.05) is 42.1 Å². The Hall–Kier alpha value is -3.35. The summed E-state index contributed by atoms with van der Waals surface area (Å²) in [5.41, 5.74) is 3.09. The number of nitriles is 1. The second-order valence-electron chi connectivity index (χ2n) is 8.21. The van der Waals surface area contributed by atoms with Gasteiger partial charge in [-0.2, -0.15) is 5.26 Å². The molecule has 1 atom stereocenters.